The number of halogens is 1. The van der Waals surface area contributed by atoms with Gasteiger partial charge in [0.25, 0.3) is 0 Å². The number of nitrogens with two attached hydrogens (primary N) is 1. The predicted octanol–water partition coefficient (Wildman–Crippen LogP) is 1.56. The van der Waals surface area contributed by atoms with E-state index in [9.17, 15) is 4.39 Å². The second kappa shape index (κ2) is 4.12. The van der Waals surface area contributed by atoms with Gasteiger partial charge in [0.1, 0.15) is 5.82 Å². The number of aliphatic imine (C=N–C) groups is 1. The molecule has 1 aliphatic rings. The van der Waals surface area contributed by atoms with Gasteiger partial charge in [0.05, 0.1) is 6.04 Å². The van der Waals surface area contributed by atoms with Crippen LogP contribution < -0.4 is 5.73 Å². The van der Waals surface area contributed by atoms with Crippen LogP contribution in [0.25, 0.3) is 0 Å². The maximum absolute atomic E-state index is 12.7. The van der Waals surface area contributed by atoms with E-state index in [-0.39, 0.29) is 11.9 Å². The van der Waals surface area contributed by atoms with Crippen molar-refractivity contribution < 1.29 is 4.39 Å². The highest BCUT2D eigenvalue weighted by Crippen LogP contribution is 2.43. The van der Waals surface area contributed by atoms with Crippen LogP contribution in [0.2, 0.25) is 0 Å². The van der Waals surface area contributed by atoms with Crippen LogP contribution in [0.15, 0.2) is 29.3 Å². The highest BCUT2D eigenvalue weighted by atomic mass is 19.1. The lowest BCUT2D eigenvalue weighted by Crippen LogP contribution is -2.30. The summed E-state index contributed by atoms with van der Waals surface area (Å²) in [7, 11) is 3.74. The van der Waals surface area contributed by atoms with Crippen LogP contribution in [-0.4, -0.2) is 31.0 Å². The third kappa shape index (κ3) is 2.32. The number of guanidine groups is 1. The summed E-state index contributed by atoms with van der Waals surface area (Å²) in [6.45, 7) is 0. The molecule has 0 aromatic heterocycles. The lowest BCUT2D eigenvalue weighted by Gasteiger charge is -2.10. The summed E-state index contributed by atoms with van der Waals surface area (Å²) < 4.78 is 12.7. The van der Waals surface area contributed by atoms with Crippen molar-refractivity contribution in [2.45, 2.75) is 18.4 Å². The van der Waals surface area contributed by atoms with Gasteiger partial charge in [-0.2, -0.15) is 0 Å². The van der Waals surface area contributed by atoms with E-state index in [1.807, 2.05) is 26.2 Å². The molecule has 0 amide bonds. The summed E-state index contributed by atoms with van der Waals surface area (Å²) in [5.74, 6) is 0.756. The summed E-state index contributed by atoms with van der Waals surface area (Å²) in [6.07, 6.45) is 1.00. The minimum Gasteiger partial charge on any atom is -0.370 e. The molecule has 2 rings (SSSR count). The predicted molar refractivity (Wildman–Crippen MR) is 62.9 cm³/mol. The minimum atomic E-state index is -0.197. The van der Waals surface area contributed by atoms with Crippen molar-refractivity contribution in [3.8, 4) is 0 Å². The van der Waals surface area contributed by atoms with E-state index in [4.69, 9.17) is 5.73 Å². The van der Waals surface area contributed by atoms with Crippen molar-refractivity contribution in [1.29, 1.82) is 0 Å². The van der Waals surface area contributed by atoms with E-state index in [0.29, 0.717) is 11.9 Å². The molecule has 1 aromatic rings. The minimum absolute atomic E-state index is 0.197. The molecule has 3 nitrogen and oxygen atoms in total. The van der Waals surface area contributed by atoms with Crippen molar-refractivity contribution in [2.24, 2.45) is 10.7 Å². The van der Waals surface area contributed by atoms with Gasteiger partial charge in [-0.15, -0.1) is 0 Å². The second-order valence-corrected chi connectivity index (χ2v) is 4.34. The van der Waals surface area contributed by atoms with Gasteiger partial charge >= 0.3 is 0 Å². The summed E-state index contributed by atoms with van der Waals surface area (Å²) in [5.41, 5.74) is 6.88. The summed E-state index contributed by atoms with van der Waals surface area (Å²) in [6, 6.07) is 6.88. The van der Waals surface area contributed by atoms with E-state index >= 15 is 0 Å². The van der Waals surface area contributed by atoms with Gasteiger partial charge < -0.3 is 10.6 Å². The molecule has 0 aliphatic heterocycles. The third-order valence-electron chi connectivity index (χ3n) is 2.81. The maximum Gasteiger partial charge on any atom is 0.191 e. The highest BCUT2D eigenvalue weighted by molar-refractivity contribution is 5.78. The third-order valence-corrected chi connectivity index (χ3v) is 2.81. The molecule has 4 heteroatoms. The molecule has 1 aromatic carbocycles. The summed E-state index contributed by atoms with van der Waals surface area (Å²) in [4.78, 5) is 6.19. The zero-order valence-electron chi connectivity index (χ0n) is 9.52. The Morgan fingerprint density at radius 1 is 1.38 bits per heavy atom. The molecule has 2 atom stereocenters. The van der Waals surface area contributed by atoms with Gasteiger partial charge in [-0.3, -0.25) is 0 Å². The van der Waals surface area contributed by atoms with Gasteiger partial charge in [-0.05, 0) is 24.1 Å². The number of hydrogen-bond donors (Lipinski definition) is 1. The fourth-order valence-electron chi connectivity index (χ4n) is 1.68. The molecule has 1 fully saturated rings. The van der Waals surface area contributed by atoms with Crippen molar-refractivity contribution in [1.82, 2.24) is 4.90 Å². The first-order valence-corrected chi connectivity index (χ1v) is 5.34. The van der Waals surface area contributed by atoms with Crippen LogP contribution in [0.4, 0.5) is 4.39 Å². The second-order valence-electron chi connectivity index (χ2n) is 4.34. The van der Waals surface area contributed by atoms with E-state index in [1.165, 1.54) is 12.1 Å². The molecular formula is C12H16FN3. The molecule has 1 aliphatic carbocycles. The molecule has 86 valence electrons. The quantitative estimate of drug-likeness (QED) is 0.608. The van der Waals surface area contributed by atoms with Crippen LogP contribution in [0.1, 0.15) is 17.9 Å². The number of rotatable bonds is 2. The Morgan fingerprint density at radius 2 is 2.00 bits per heavy atom. The number of nitrogens with zero attached hydrogens (tertiary/aromatic N) is 2. The Morgan fingerprint density at radius 3 is 2.56 bits per heavy atom. The van der Waals surface area contributed by atoms with Crippen molar-refractivity contribution >= 4 is 5.96 Å². The van der Waals surface area contributed by atoms with E-state index < -0.39 is 0 Å². The first kappa shape index (κ1) is 10.9. The van der Waals surface area contributed by atoms with Gasteiger partial charge in [-0.25, -0.2) is 9.38 Å². The Labute approximate surface area is 94.8 Å². The Hall–Kier alpha value is -1.58. The molecule has 0 spiro atoms. The first-order valence-electron chi connectivity index (χ1n) is 5.34. The van der Waals surface area contributed by atoms with Crippen LogP contribution >= 0.6 is 0 Å². The van der Waals surface area contributed by atoms with Gasteiger partial charge in [0.15, 0.2) is 5.96 Å². The maximum atomic E-state index is 12.7. The lowest BCUT2D eigenvalue weighted by molar-refractivity contribution is 0.608. The molecule has 0 saturated heterocycles. The SMILES string of the molecule is CN(C)C(N)=N[C@@H]1C[C@H]1c1ccc(F)cc1. The molecule has 2 N–H and O–H groups in total. The first-order chi connectivity index (χ1) is 7.58. The smallest absolute Gasteiger partial charge is 0.191 e. The molecule has 0 unspecified atom stereocenters. The van der Waals surface area contributed by atoms with E-state index in [0.717, 1.165) is 12.0 Å². The molecule has 0 bridgehead atoms. The van der Waals surface area contributed by atoms with Crippen molar-refractivity contribution in [3.05, 3.63) is 35.6 Å². The average Bonchev–Trinajstić information content (AvgIpc) is 2.98. The van der Waals surface area contributed by atoms with Gasteiger partial charge in [0, 0.05) is 20.0 Å². The van der Waals surface area contributed by atoms with E-state index in [2.05, 4.69) is 4.99 Å². The van der Waals surface area contributed by atoms with Crippen LogP contribution in [0, 0.1) is 5.82 Å². The number of benzene rings is 1. The standard InChI is InChI=1S/C12H16FN3/c1-16(2)12(14)15-11-7-10(11)8-3-5-9(13)6-4-8/h3-6,10-11H,7H2,1-2H3,(H2,14,15)/t10-,11+/m0/s1. The van der Waals surface area contributed by atoms with Gasteiger partial charge in [-0.1, -0.05) is 12.1 Å². The Balaban J connectivity index is 2.02. The Kier molecular flexibility index (Phi) is 2.81. The van der Waals surface area contributed by atoms with Crippen LogP contribution in [0.5, 0.6) is 0 Å². The molecule has 1 saturated carbocycles. The van der Waals surface area contributed by atoms with Crippen molar-refractivity contribution in [2.75, 3.05) is 14.1 Å². The van der Waals surface area contributed by atoms with Crippen LogP contribution in [0.3, 0.4) is 0 Å². The van der Waals surface area contributed by atoms with Crippen molar-refractivity contribution in [3.63, 3.8) is 0 Å². The average molecular weight is 221 g/mol. The van der Waals surface area contributed by atoms with Crippen LogP contribution in [-0.2, 0) is 0 Å². The lowest BCUT2D eigenvalue weighted by atomic mass is 10.1. The topological polar surface area (TPSA) is 41.6 Å². The fraction of sp³-hybridized carbons (Fsp3) is 0.417. The van der Waals surface area contributed by atoms with Gasteiger partial charge in [0.2, 0.25) is 0 Å². The normalized spacial score (nSPS) is 24.3. The zero-order chi connectivity index (χ0) is 11.7. The zero-order valence-corrected chi connectivity index (χ0v) is 9.52. The summed E-state index contributed by atoms with van der Waals surface area (Å²) >= 11 is 0. The van der Waals surface area contributed by atoms with E-state index in [1.54, 1.807) is 4.90 Å². The summed E-state index contributed by atoms with van der Waals surface area (Å²) in [5, 5.41) is 0. The molecule has 0 heterocycles. The fourth-order valence-corrected chi connectivity index (χ4v) is 1.68. The number of hydrogen-bond acceptors (Lipinski definition) is 1. The Bertz CT molecular complexity index is 397. The molecule has 16 heavy (non-hydrogen) atoms. The highest BCUT2D eigenvalue weighted by Gasteiger charge is 2.38. The molecule has 0 radical (unpaired) electrons. The monoisotopic (exact) mass is 221 g/mol. The largest absolute Gasteiger partial charge is 0.370 e. The molecular weight excluding hydrogens is 205 g/mol.